The number of carboxylic acid groups (broad SMARTS) is 1. The zero-order valence-electron chi connectivity index (χ0n) is 29.0. The number of amides is 3. The van der Waals surface area contributed by atoms with Crippen molar-refractivity contribution >= 4 is 45.2 Å². The number of aliphatic carboxylic acids is 1. The Kier molecular flexibility index (Phi) is 13.7. The van der Waals surface area contributed by atoms with Crippen LogP contribution in [0.2, 0.25) is 0 Å². The van der Waals surface area contributed by atoms with Gasteiger partial charge < -0.3 is 26.8 Å². The van der Waals surface area contributed by atoms with E-state index in [0.717, 1.165) is 44.7 Å². The van der Waals surface area contributed by atoms with Gasteiger partial charge in [-0.3, -0.25) is 19.7 Å². The Morgan fingerprint density at radius 3 is 2.08 bits per heavy atom. The highest BCUT2D eigenvalue weighted by Crippen LogP contribution is 2.36. The third-order valence-corrected chi connectivity index (χ3v) is 8.84. The molecule has 10 nitrogen and oxygen atoms in total. The van der Waals surface area contributed by atoms with Gasteiger partial charge in [-0.15, -0.1) is 6.58 Å². The molecule has 0 saturated heterocycles. The molecule has 0 aliphatic carbocycles. The second-order valence-electron chi connectivity index (χ2n) is 12.7. The van der Waals surface area contributed by atoms with Gasteiger partial charge in [0.2, 0.25) is 11.8 Å². The largest absolute Gasteiger partial charge is 0.480 e. The predicted octanol–water partition coefficient (Wildman–Crippen LogP) is 5.18. The van der Waals surface area contributed by atoms with Crippen LogP contribution in [-0.2, 0) is 25.6 Å². The number of carboxylic acids is 1. The molecule has 0 unspecified atom stereocenters. The first kappa shape index (κ1) is 37.8. The summed E-state index contributed by atoms with van der Waals surface area (Å²) in [6, 6.07) is 24.4. The molecule has 0 spiro atoms. The molecule has 3 amide bonds. The average Bonchev–Trinajstić information content (AvgIpc) is 3.10. The molecule has 0 aliphatic heterocycles. The summed E-state index contributed by atoms with van der Waals surface area (Å²) in [4.78, 5) is 52.3. The second kappa shape index (κ2) is 18.1. The fraction of sp³-hybridized carbons (Fsp3) is 0.350. The van der Waals surface area contributed by atoms with Gasteiger partial charge in [0, 0.05) is 13.3 Å². The van der Waals surface area contributed by atoms with Crippen molar-refractivity contribution in [1.29, 1.82) is 0 Å². The van der Waals surface area contributed by atoms with Crippen LogP contribution < -0.4 is 27.0 Å². The summed E-state index contributed by atoms with van der Waals surface area (Å²) in [5.41, 5.74) is 7.06. The molecule has 0 radical (unpaired) electrons. The molecule has 4 aromatic carbocycles. The fourth-order valence-corrected chi connectivity index (χ4v) is 6.25. The normalized spacial score (nSPS) is 13.6. The summed E-state index contributed by atoms with van der Waals surface area (Å²) >= 11 is 0. The lowest BCUT2D eigenvalue weighted by Gasteiger charge is -2.37. The van der Waals surface area contributed by atoms with E-state index in [0.29, 0.717) is 32.4 Å². The summed E-state index contributed by atoms with van der Waals surface area (Å²) in [5, 5.41) is 25.8. The van der Waals surface area contributed by atoms with Crippen LogP contribution in [0.5, 0.6) is 0 Å². The van der Waals surface area contributed by atoms with E-state index in [4.69, 9.17) is 5.73 Å². The van der Waals surface area contributed by atoms with Crippen LogP contribution in [0.15, 0.2) is 91.5 Å². The molecular formula is C40H49N5O5. The number of rotatable bonds is 19. The van der Waals surface area contributed by atoms with Crippen molar-refractivity contribution in [3.8, 4) is 11.1 Å². The van der Waals surface area contributed by atoms with Gasteiger partial charge in [0.1, 0.15) is 12.1 Å². The Hall–Kier alpha value is -5.06. The van der Waals surface area contributed by atoms with Crippen molar-refractivity contribution in [1.82, 2.24) is 21.3 Å². The first-order valence-electron chi connectivity index (χ1n) is 17.3. The Labute approximate surface area is 293 Å². The third kappa shape index (κ3) is 9.55. The number of benzene rings is 4. The molecule has 264 valence electrons. The van der Waals surface area contributed by atoms with E-state index in [9.17, 15) is 24.3 Å². The molecule has 0 fully saturated rings. The number of hydrogen-bond acceptors (Lipinski definition) is 6. The van der Waals surface area contributed by atoms with Crippen molar-refractivity contribution in [3.05, 3.63) is 97.1 Å². The van der Waals surface area contributed by atoms with Gasteiger partial charge >= 0.3 is 5.97 Å². The SMILES string of the molecule is C=CC[C@H](NC(=O)[C@@](CCCCN)(NCCCC)NC(=O)[C@H](Cc1ccc(-c2c3ccccc3cc3ccccc23)cc1)NC(C)=O)C(=O)O. The average molecular weight is 680 g/mol. The van der Waals surface area contributed by atoms with Gasteiger partial charge in [0.25, 0.3) is 5.91 Å². The number of fused-ring (bicyclic) bond motifs is 2. The first-order chi connectivity index (χ1) is 24.1. The van der Waals surface area contributed by atoms with E-state index < -0.39 is 41.4 Å². The maximum atomic E-state index is 14.1. The van der Waals surface area contributed by atoms with Gasteiger partial charge in [-0.05, 0) is 89.5 Å². The summed E-state index contributed by atoms with van der Waals surface area (Å²) < 4.78 is 0. The van der Waals surface area contributed by atoms with Gasteiger partial charge in [0.05, 0.1) is 0 Å². The summed E-state index contributed by atoms with van der Waals surface area (Å²) in [5.74, 6) is -2.88. The van der Waals surface area contributed by atoms with Crippen LogP contribution in [0.4, 0.5) is 0 Å². The molecule has 0 heterocycles. The zero-order valence-corrected chi connectivity index (χ0v) is 29.0. The quantitative estimate of drug-likeness (QED) is 0.0344. The number of nitrogens with two attached hydrogens (primary N) is 1. The van der Waals surface area contributed by atoms with Gasteiger partial charge in [-0.2, -0.15) is 0 Å². The molecule has 3 atom stereocenters. The van der Waals surface area contributed by atoms with Crippen molar-refractivity contribution < 1.29 is 24.3 Å². The second-order valence-corrected chi connectivity index (χ2v) is 12.7. The molecule has 50 heavy (non-hydrogen) atoms. The predicted molar refractivity (Wildman–Crippen MR) is 199 cm³/mol. The summed E-state index contributed by atoms with van der Waals surface area (Å²) in [6.45, 7) is 7.72. The Morgan fingerprint density at radius 1 is 0.880 bits per heavy atom. The molecule has 0 bridgehead atoms. The lowest BCUT2D eigenvalue weighted by atomic mass is 9.91. The highest BCUT2D eigenvalue weighted by Gasteiger charge is 2.42. The molecule has 4 aromatic rings. The van der Waals surface area contributed by atoms with Gasteiger partial charge in [0.15, 0.2) is 5.66 Å². The van der Waals surface area contributed by atoms with Crippen LogP contribution in [-0.4, -0.2) is 59.6 Å². The van der Waals surface area contributed by atoms with Gasteiger partial charge in [-0.25, -0.2) is 4.79 Å². The first-order valence-corrected chi connectivity index (χ1v) is 17.3. The van der Waals surface area contributed by atoms with Crippen molar-refractivity contribution in [3.63, 3.8) is 0 Å². The fourth-order valence-electron chi connectivity index (χ4n) is 6.25. The van der Waals surface area contributed by atoms with E-state index in [1.165, 1.54) is 13.0 Å². The van der Waals surface area contributed by atoms with Crippen LogP contribution in [0.3, 0.4) is 0 Å². The molecular weight excluding hydrogens is 630 g/mol. The maximum Gasteiger partial charge on any atom is 0.326 e. The van der Waals surface area contributed by atoms with Crippen molar-refractivity contribution in [2.45, 2.75) is 76.5 Å². The number of hydrogen-bond donors (Lipinski definition) is 6. The Balaban J connectivity index is 1.66. The summed E-state index contributed by atoms with van der Waals surface area (Å²) in [6.07, 6.45) is 4.35. The minimum atomic E-state index is -1.65. The summed E-state index contributed by atoms with van der Waals surface area (Å²) in [7, 11) is 0. The topological polar surface area (TPSA) is 163 Å². The van der Waals surface area contributed by atoms with E-state index in [-0.39, 0.29) is 19.3 Å². The minimum absolute atomic E-state index is 0.00193. The van der Waals surface area contributed by atoms with E-state index >= 15 is 0 Å². The molecule has 0 saturated carbocycles. The van der Waals surface area contributed by atoms with E-state index in [2.05, 4.69) is 58.2 Å². The van der Waals surface area contributed by atoms with E-state index in [1.54, 1.807) is 0 Å². The number of carbonyl (C=O) groups excluding carboxylic acids is 3. The van der Waals surface area contributed by atoms with Crippen molar-refractivity contribution in [2.24, 2.45) is 5.73 Å². The third-order valence-electron chi connectivity index (χ3n) is 8.84. The standard InChI is InChI=1S/C40H49N5O5/c1-4-6-24-42-40(22-11-12-23-41,39(50)44-34(13-5-2)38(48)49)45-37(47)35(43-27(3)46)25-28-18-20-29(21-19-28)36-32-16-9-7-14-30(32)26-31-15-8-10-17-33(31)36/h5,7-10,14-21,26,34-35,42H,2,4,6,11-13,22-25,41H2,1,3H3,(H,43,46)(H,44,50)(H,45,47)(H,48,49)/t34-,35-,40-/m0/s1. The van der Waals surface area contributed by atoms with E-state index in [1.807, 2.05) is 55.5 Å². The molecule has 0 aliphatic rings. The Morgan fingerprint density at radius 2 is 1.52 bits per heavy atom. The number of unbranched alkanes of at least 4 members (excludes halogenated alkanes) is 2. The molecule has 7 N–H and O–H groups in total. The highest BCUT2D eigenvalue weighted by atomic mass is 16.4. The van der Waals surface area contributed by atoms with Crippen LogP contribution in [0.25, 0.3) is 32.7 Å². The minimum Gasteiger partial charge on any atom is -0.480 e. The number of carbonyl (C=O) groups is 4. The molecule has 10 heteroatoms. The van der Waals surface area contributed by atoms with Crippen LogP contribution in [0, 0.1) is 0 Å². The van der Waals surface area contributed by atoms with Crippen LogP contribution >= 0.6 is 0 Å². The number of nitrogens with one attached hydrogen (secondary N) is 4. The molecule has 4 rings (SSSR count). The monoisotopic (exact) mass is 679 g/mol. The smallest absolute Gasteiger partial charge is 0.326 e. The van der Waals surface area contributed by atoms with Crippen molar-refractivity contribution in [2.75, 3.05) is 13.1 Å². The molecule has 0 aromatic heterocycles. The Bertz CT molecular complexity index is 1740. The zero-order chi connectivity index (χ0) is 36.1. The highest BCUT2D eigenvalue weighted by molar-refractivity contribution is 6.12. The van der Waals surface area contributed by atoms with Gasteiger partial charge in [-0.1, -0.05) is 92.2 Å². The lowest BCUT2D eigenvalue weighted by molar-refractivity contribution is -0.144. The lowest BCUT2D eigenvalue weighted by Crippen LogP contribution is -2.70. The van der Waals surface area contributed by atoms with Crippen LogP contribution in [0.1, 0.15) is 57.9 Å². The maximum absolute atomic E-state index is 14.1.